The topological polar surface area (TPSA) is 92.4 Å². The average Bonchev–Trinajstić information content (AvgIpc) is 2.37. The quantitative estimate of drug-likeness (QED) is 0.680. The number of nitrogens with two attached hydrogens (primary N) is 1. The largest absolute Gasteiger partial charge is 0.480 e. The maximum absolute atomic E-state index is 11.8. The molecule has 0 aliphatic carbocycles. The van der Waals surface area contributed by atoms with E-state index >= 15 is 0 Å². The Morgan fingerprint density at radius 3 is 2.53 bits per heavy atom. The predicted octanol–water partition coefficient (Wildman–Crippen LogP) is 1.57. The van der Waals surface area contributed by atoms with Crippen LogP contribution in [0.15, 0.2) is 24.3 Å². The van der Waals surface area contributed by atoms with Crippen LogP contribution in [-0.2, 0) is 16.0 Å². The van der Waals surface area contributed by atoms with Gasteiger partial charge in [-0.1, -0.05) is 25.1 Å². The molecule has 1 amide bonds. The number of carboxylic acids is 1. The Kier molecular flexibility index (Phi) is 4.92. The van der Waals surface area contributed by atoms with E-state index in [9.17, 15) is 9.59 Å². The predicted molar refractivity (Wildman–Crippen MR) is 73.6 cm³/mol. The number of benzene rings is 1. The molecule has 0 saturated carbocycles. The van der Waals surface area contributed by atoms with Crippen molar-refractivity contribution in [2.75, 3.05) is 5.73 Å². The highest BCUT2D eigenvalue weighted by Gasteiger charge is 2.32. The van der Waals surface area contributed by atoms with Crippen molar-refractivity contribution in [3.63, 3.8) is 0 Å². The number of carbonyl (C=O) groups excluding carboxylic acids is 1. The number of aryl methyl sites for hydroxylation is 1. The average molecular weight is 264 g/mol. The molecule has 4 N–H and O–H groups in total. The minimum atomic E-state index is -1.21. The molecule has 1 aromatic carbocycles. The van der Waals surface area contributed by atoms with E-state index in [1.165, 1.54) is 6.92 Å². The smallest absolute Gasteiger partial charge is 0.329 e. The van der Waals surface area contributed by atoms with E-state index in [0.29, 0.717) is 18.5 Å². The Morgan fingerprint density at radius 1 is 1.37 bits per heavy atom. The van der Waals surface area contributed by atoms with Gasteiger partial charge in [-0.2, -0.15) is 0 Å². The van der Waals surface area contributed by atoms with Crippen molar-refractivity contribution in [1.29, 1.82) is 0 Å². The fourth-order valence-electron chi connectivity index (χ4n) is 1.67. The van der Waals surface area contributed by atoms with Crippen molar-refractivity contribution in [3.05, 3.63) is 29.8 Å². The monoisotopic (exact) mass is 264 g/mol. The van der Waals surface area contributed by atoms with Gasteiger partial charge in [0.1, 0.15) is 5.54 Å². The van der Waals surface area contributed by atoms with Gasteiger partial charge in [0.25, 0.3) is 0 Å². The fourth-order valence-corrected chi connectivity index (χ4v) is 1.67. The number of amides is 1. The Labute approximate surface area is 112 Å². The summed E-state index contributed by atoms with van der Waals surface area (Å²) in [6.45, 7) is 3.23. The molecular formula is C14H20N2O3. The molecule has 1 unspecified atom stereocenters. The summed E-state index contributed by atoms with van der Waals surface area (Å²) >= 11 is 0. The van der Waals surface area contributed by atoms with Crippen molar-refractivity contribution in [2.45, 2.75) is 38.6 Å². The molecule has 0 heterocycles. The first-order chi connectivity index (χ1) is 8.89. The number of nitrogen functional groups attached to an aromatic ring is 1. The minimum Gasteiger partial charge on any atom is -0.480 e. The highest BCUT2D eigenvalue weighted by molar-refractivity contribution is 5.86. The van der Waals surface area contributed by atoms with Gasteiger partial charge >= 0.3 is 5.97 Å². The molecule has 1 atom stereocenters. The molecule has 104 valence electrons. The summed E-state index contributed by atoms with van der Waals surface area (Å²) in [5, 5.41) is 11.6. The van der Waals surface area contributed by atoms with Gasteiger partial charge < -0.3 is 16.2 Å². The van der Waals surface area contributed by atoms with E-state index in [2.05, 4.69) is 5.32 Å². The van der Waals surface area contributed by atoms with Crippen LogP contribution in [0.2, 0.25) is 0 Å². The van der Waals surface area contributed by atoms with Crippen molar-refractivity contribution in [2.24, 2.45) is 0 Å². The summed E-state index contributed by atoms with van der Waals surface area (Å²) in [5.41, 5.74) is 6.11. The number of anilines is 1. The van der Waals surface area contributed by atoms with Crippen LogP contribution in [0.25, 0.3) is 0 Å². The van der Waals surface area contributed by atoms with E-state index in [1.54, 1.807) is 13.0 Å². The molecular weight excluding hydrogens is 244 g/mol. The SMILES string of the molecule is CCC(C)(NC(=O)CCc1ccccc1N)C(=O)O. The fraction of sp³-hybridized carbons (Fsp3) is 0.429. The molecule has 5 heteroatoms. The second-order valence-corrected chi connectivity index (χ2v) is 4.74. The summed E-state index contributed by atoms with van der Waals surface area (Å²) in [6.07, 6.45) is 1.05. The molecule has 5 nitrogen and oxygen atoms in total. The molecule has 0 aromatic heterocycles. The van der Waals surface area contributed by atoms with Gasteiger partial charge in [-0.3, -0.25) is 4.79 Å². The number of hydrogen-bond acceptors (Lipinski definition) is 3. The molecule has 0 aliphatic heterocycles. The molecule has 0 bridgehead atoms. The zero-order valence-electron chi connectivity index (χ0n) is 11.3. The second kappa shape index (κ2) is 6.22. The number of carboxylic acid groups (broad SMARTS) is 1. The van der Waals surface area contributed by atoms with Gasteiger partial charge in [0, 0.05) is 12.1 Å². The molecule has 0 radical (unpaired) electrons. The molecule has 0 spiro atoms. The highest BCUT2D eigenvalue weighted by Crippen LogP contribution is 2.14. The summed E-state index contributed by atoms with van der Waals surface area (Å²) in [4.78, 5) is 22.9. The van der Waals surface area contributed by atoms with Crippen molar-refractivity contribution in [3.8, 4) is 0 Å². The third-order valence-corrected chi connectivity index (χ3v) is 3.27. The summed E-state index contributed by atoms with van der Waals surface area (Å²) < 4.78 is 0. The first-order valence-electron chi connectivity index (χ1n) is 6.27. The molecule has 1 rings (SSSR count). The van der Waals surface area contributed by atoms with Crippen LogP contribution < -0.4 is 11.1 Å². The molecule has 0 saturated heterocycles. The van der Waals surface area contributed by atoms with Gasteiger partial charge in [0.2, 0.25) is 5.91 Å². The van der Waals surface area contributed by atoms with Crippen LogP contribution >= 0.6 is 0 Å². The standard InChI is InChI=1S/C14H20N2O3/c1-3-14(2,13(18)19)16-12(17)9-8-10-6-4-5-7-11(10)15/h4-7H,3,8-9,15H2,1-2H3,(H,16,17)(H,18,19). The number of hydrogen-bond donors (Lipinski definition) is 3. The lowest BCUT2D eigenvalue weighted by molar-refractivity contribution is -0.147. The lowest BCUT2D eigenvalue weighted by atomic mass is 9.98. The Hall–Kier alpha value is -2.04. The van der Waals surface area contributed by atoms with Crippen LogP contribution in [-0.4, -0.2) is 22.5 Å². The van der Waals surface area contributed by atoms with Crippen LogP contribution in [0.5, 0.6) is 0 Å². The molecule has 0 aliphatic rings. The van der Waals surface area contributed by atoms with Crippen molar-refractivity contribution >= 4 is 17.6 Å². The van der Waals surface area contributed by atoms with E-state index in [0.717, 1.165) is 5.56 Å². The molecule has 0 fully saturated rings. The number of aliphatic carboxylic acids is 1. The van der Waals surface area contributed by atoms with E-state index in [-0.39, 0.29) is 12.3 Å². The van der Waals surface area contributed by atoms with E-state index < -0.39 is 11.5 Å². The zero-order chi connectivity index (χ0) is 14.5. The van der Waals surface area contributed by atoms with Crippen LogP contribution in [0.4, 0.5) is 5.69 Å². The molecule has 19 heavy (non-hydrogen) atoms. The maximum Gasteiger partial charge on any atom is 0.329 e. The Balaban J connectivity index is 2.57. The summed E-state index contributed by atoms with van der Waals surface area (Å²) in [6, 6.07) is 7.33. The summed E-state index contributed by atoms with van der Waals surface area (Å²) in [5.74, 6) is -1.31. The Bertz CT molecular complexity index is 474. The highest BCUT2D eigenvalue weighted by atomic mass is 16.4. The van der Waals surface area contributed by atoms with Crippen molar-refractivity contribution in [1.82, 2.24) is 5.32 Å². The van der Waals surface area contributed by atoms with E-state index in [4.69, 9.17) is 10.8 Å². The van der Waals surface area contributed by atoms with Crippen molar-refractivity contribution < 1.29 is 14.7 Å². The number of para-hydroxylation sites is 1. The van der Waals surface area contributed by atoms with Crippen LogP contribution in [0, 0.1) is 0 Å². The summed E-state index contributed by atoms with van der Waals surface area (Å²) in [7, 11) is 0. The Morgan fingerprint density at radius 2 is 2.00 bits per heavy atom. The molecule has 1 aromatic rings. The third kappa shape index (κ3) is 3.98. The van der Waals surface area contributed by atoms with Gasteiger partial charge in [-0.05, 0) is 31.4 Å². The van der Waals surface area contributed by atoms with Gasteiger partial charge in [-0.25, -0.2) is 4.79 Å². The lowest BCUT2D eigenvalue weighted by Crippen LogP contribution is -2.51. The number of rotatable bonds is 6. The first-order valence-corrected chi connectivity index (χ1v) is 6.27. The van der Waals surface area contributed by atoms with E-state index in [1.807, 2.05) is 18.2 Å². The van der Waals surface area contributed by atoms with Gasteiger partial charge in [0.15, 0.2) is 0 Å². The first kappa shape index (κ1) is 15.0. The van der Waals surface area contributed by atoms with Gasteiger partial charge in [-0.15, -0.1) is 0 Å². The third-order valence-electron chi connectivity index (χ3n) is 3.27. The number of carbonyl (C=O) groups is 2. The lowest BCUT2D eigenvalue weighted by Gasteiger charge is -2.24. The second-order valence-electron chi connectivity index (χ2n) is 4.74. The normalized spacial score (nSPS) is 13.6. The van der Waals surface area contributed by atoms with Crippen LogP contribution in [0.1, 0.15) is 32.3 Å². The maximum atomic E-state index is 11.8. The van der Waals surface area contributed by atoms with Gasteiger partial charge in [0.05, 0.1) is 0 Å². The minimum absolute atomic E-state index is 0.219. The zero-order valence-corrected chi connectivity index (χ0v) is 11.3. The van der Waals surface area contributed by atoms with Crippen LogP contribution in [0.3, 0.4) is 0 Å². The number of nitrogens with one attached hydrogen (secondary N) is 1.